The van der Waals surface area contributed by atoms with Crippen molar-refractivity contribution in [3.05, 3.63) is 46.9 Å². The molecule has 38 heavy (non-hydrogen) atoms. The van der Waals surface area contributed by atoms with Crippen LogP contribution in [-0.2, 0) is 20.2 Å². The normalized spacial score (nSPS) is 19.2. The zero-order valence-electron chi connectivity index (χ0n) is 22.1. The monoisotopic (exact) mass is 559 g/mol. The smallest absolute Gasteiger partial charge is 0.223 e. The molecule has 1 unspecified atom stereocenters. The Labute approximate surface area is 227 Å². The van der Waals surface area contributed by atoms with E-state index >= 15 is 4.39 Å². The van der Waals surface area contributed by atoms with Crippen molar-refractivity contribution in [3.63, 3.8) is 0 Å². The van der Waals surface area contributed by atoms with Crippen molar-refractivity contribution >= 4 is 33.6 Å². The van der Waals surface area contributed by atoms with Gasteiger partial charge in [0.15, 0.2) is 0 Å². The number of nitrogens with zero attached hydrogens (tertiary/aromatic N) is 3. The molecule has 3 N–H and O–H groups in total. The molecule has 1 aromatic carbocycles. The number of benzene rings is 1. The topological polar surface area (TPSA) is 128 Å². The number of aromatic nitrogens is 3. The third-order valence-corrected chi connectivity index (χ3v) is 9.74. The Bertz CT molecular complexity index is 1410. The van der Waals surface area contributed by atoms with Gasteiger partial charge in [0.2, 0.25) is 16.0 Å². The molecule has 3 aromatic rings. The minimum Gasteiger partial charge on any atom is -0.351 e. The van der Waals surface area contributed by atoms with Crippen molar-refractivity contribution < 1.29 is 17.6 Å². The number of nitrogens with two attached hydrogens (primary N) is 1. The lowest BCUT2D eigenvalue weighted by Gasteiger charge is -2.26. The molecule has 204 valence electrons. The van der Waals surface area contributed by atoms with Gasteiger partial charge in [-0.1, -0.05) is 39.8 Å². The highest BCUT2D eigenvalue weighted by Crippen LogP contribution is 2.42. The van der Waals surface area contributed by atoms with Crippen LogP contribution >= 0.6 is 11.3 Å². The number of hydrogen-bond donors (Lipinski definition) is 2. The van der Waals surface area contributed by atoms with Crippen LogP contribution in [0.1, 0.15) is 75.6 Å². The number of anilines is 1. The summed E-state index contributed by atoms with van der Waals surface area (Å²) in [6.45, 7) is 7.75. The second kappa shape index (κ2) is 11.2. The van der Waals surface area contributed by atoms with Gasteiger partial charge in [-0.3, -0.25) is 0 Å². The Morgan fingerprint density at radius 3 is 2.50 bits per heavy atom. The maximum Gasteiger partial charge on any atom is 0.223 e. The molecule has 1 aliphatic carbocycles. The summed E-state index contributed by atoms with van der Waals surface area (Å²) in [6, 6.07) is 6.63. The van der Waals surface area contributed by atoms with Gasteiger partial charge in [0.25, 0.3) is 0 Å². The third kappa shape index (κ3) is 6.10. The fourth-order valence-electron chi connectivity index (χ4n) is 4.74. The van der Waals surface area contributed by atoms with Gasteiger partial charge in [0, 0.05) is 34.7 Å². The number of hydrogen-bond acceptors (Lipinski definition) is 8. The lowest BCUT2D eigenvalue weighted by atomic mass is 9.87. The average Bonchev–Trinajstić information content (AvgIpc) is 3.31. The van der Waals surface area contributed by atoms with E-state index in [0.717, 1.165) is 37.0 Å². The minimum atomic E-state index is -4.00. The molecule has 0 radical (unpaired) electrons. The Hall–Kier alpha value is -2.76. The Balaban J connectivity index is 1.77. The van der Waals surface area contributed by atoms with E-state index in [1.165, 1.54) is 17.4 Å². The molecule has 0 aliphatic heterocycles. The standard InChI is InChI=1S/C27H34FN5O3S2/c1-5-21(38(29,35)36)18-7-6-8-19(22(18)28)23-24(37-25(33-23)27(2,3)4)20-13-14-30-26(32-20)31-17-11-9-16(15-34)10-12-17/h6-8,13-17,21H,5,9-12H2,1-4H3,(H2,29,35,36)(H,30,31,32). The zero-order valence-corrected chi connectivity index (χ0v) is 23.7. The second-order valence-corrected chi connectivity index (χ2v) is 13.5. The van der Waals surface area contributed by atoms with Crippen molar-refractivity contribution in [2.75, 3.05) is 5.32 Å². The molecule has 0 amide bonds. The quantitative estimate of drug-likeness (QED) is 0.343. The van der Waals surface area contributed by atoms with Crippen LogP contribution in [0.2, 0.25) is 0 Å². The number of thiazole rings is 1. The molecule has 8 nitrogen and oxygen atoms in total. The van der Waals surface area contributed by atoms with Crippen LogP contribution in [0.5, 0.6) is 0 Å². The molecular formula is C27H34FN5O3S2. The summed E-state index contributed by atoms with van der Waals surface area (Å²) in [5.74, 6) is -0.0777. The fourth-order valence-corrected chi connectivity index (χ4v) is 6.85. The van der Waals surface area contributed by atoms with Crippen molar-refractivity contribution in [2.45, 2.75) is 76.5 Å². The van der Waals surface area contributed by atoms with Crippen LogP contribution in [-0.4, -0.2) is 35.7 Å². The van der Waals surface area contributed by atoms with Crippen LogP contribution in [0.4, 0.5) is 10.3 Å². The van der Waals surface area contributed by atoms with Gasteiger partial charge in [-0.05, 0) is 44.2 Å². The molecule has 4 rings (SSSR count). The Morgan fingerprint density at radius 2 is 1.89 bits per heavy atom. The van der Waals surface area contributed by atoms with Gasteiger partial charge in [-0.2, -0.15) is 0 Å². The van der Waals surface area contributed by atoms with Crippen LogP contribution in [0.25, 0.3) is 21.8 Å². The van der Waals surface area contributed by atoms with E-state index in [9.17, 15) is 13.2 Å². The summed E-state index contributed by atoms with van der Waals surface area (Å²) < 4.78 is 40.3. The summed E-state index contributed by atoms with van der Waals surface area (Å²) in [4.78, 5) is 25.7. The SMILES string of the molecule is CCC(c1cccc(-c2nc(C(C)(C)C)sc2-c2ccnc(NC3CCC(C=O)CC3)n2)c1F)S(N)(=O)=O. The second-order valence-electron chi connectivity index (χ2n) is 10.8. The number of rotatable bonds is 8. The van der Waals surface area contributed by atoms with Crippen molar-refractivity contribution in [3.8, 4) is 21.8 Å². The summed E-state index contributed by atoms with van der Waals surface area (Å²) in [5.41, 5.74) is 0.922. The molecule has 2 heterocycles. The average molecular weight is 560 g/mol. The first kappa shape index (κ1) is 28.3. The molecule has 0 spiro atoms. The van der Waals surface area contributed by atoms with Crippen LogP contribution < -0.4 is 10.5 Å². The lowest BCUT2D eigenvalue weighted by Crippen LogP contribution is -2.27. The van der Waals surface area contributed by atoms with E-state index in [-0.39, 0.29) is 34.9 Å². The molecule has 1 aliphatic rings. The zero-order chi connectivity index (χ0) is 27.7. The van der Waals surface area contributed by atoms with Crippen molar-refractivity contribution in [1.29, 1.82) is 0 Å². The van der Waals surface area contributed by atoms with E-state index < -0.39 is 21.1 Å². The van der Waals surface area contributed by atoms with Crippen molar-refractivity contribution in [1.82, 2.24) is 15.0 Å². The van der Waals surface area contributed by atoms with Gasteiger partial charge in [0.1, 0.15) is 17.4 Å². The van der Waals surface area contributed by atoms with Crippen LogP contribution in [0.15, 0.2) is 30.5 Å². The first-order chi connectivity index (χ1) is 17.9. The van der Waals surface area contributed by atoms with Gasteiger partial charge in [-0.25, -0.2) is 32.9 Å². The summed E-state index contributed by atoms with van der Waals surface area (Å²) in [6.07, 6.45) is 6.22. The summed E-state index contributed by atoms with van der Waals surface area (Å²) in [5, 5.41) is 8.45. The molecule has 1 atom stereocenters. The van der Waals surface area contributed by atoms with Gasteiger partial charge < -0.3 is 10.1 Å². The van der Waals surface area contributed by atoms with Gasteiger partial charge in [0.05, 0.1) is 21.3 Å². The number of halogens is 1. The highest BCUT2D eigenvalue weighted by Gasteiger charge is 2.30. The van der Waals surface area contributed by atoms with E-state index in [1.807, 2.05) is 20.8 Å². The molecule has 0 saturated heterocycles. The third-order valence-electron chi connectivity index (χ3n) is 6.85. The van der Waals surface area contributed by atoms with E-state index in [1.54, 1.807) is 31.3 Å². The van der Waals surface area contributed by atoms with E-state index in [0.29, 0.717) is 22.2 Å². The number of sulfonamides is 1. The lowest BCUT2D eigenvalue weighted by molar-refractivity contribution is -0.111. The maximum atomic E-state index is 16.0. The number of nitrogens with one attached hydrogen (secondary N) is 1. The van der Waals surface area contributed by atoms with Crippen LogP contribution in [0, 0.1) is 11.7 Å². The molecule has 1 saturated carbocycles. The Morgan fingerprint density at radius 1 is 1.18 bits per heavy atom. The molecule has 11 heteroatoms. The van der Waals surface area contributed by atoms with E-state index in [2.05, 4.69) is 10.3 Å². The maximum absolute atomic E-state index is 16.0. The first-order valence-corrected chi connectivity index (χ1v) is 15.2. The summed E-state index contributed by atoms with van der Waals surface area (Å²) >= 11 is 1.43. The van der Waals surface area contributed by atoms with Gasteiger partial charge >= 0.3 is 0 Å². The number of primary sulfonamides is 1. The molecule has 0 bridgehead atoms. The minimum absolute atomic E-state index is 0.0275. The molecule has 2 aromatic heterocycles. The number of carbonyl (C=O) groups is 1. The summed E-state index contributed by atoms with van der Waals surface area (Å²) in [7, 11) is -4.00. The largest absolute Gasteiger partial charge is 0.351 e. The van der Waals surface area contributed by atoms with E-state index in [4.69, 9.17) is 15.1 Å². The van der Waals surface area contributed by atoms with Crippen molar-refractivity contribution in [2.24, 2.45) is 11.1 Å². The first-order valence-electron chi connectivity index (χ1n) is 12.8. The number of aldehydes is 1. The predicted octanol–water partition coefficient (Wildman–Crippen LogP) is 5.61. The highest BCUT2D eigenvalue weighted by molar-refractivity contribution is 7.89. The van der Waals surface area contributed by atoms with Crippen LogP contribution in [0.3, 0.4) is 0 Å². The predicted molar refractivity (Wildman–Crippen MR) is 149 cm³/mol. The molecule has 1 fully saturated rings. The van der Waals surface area contributed by atoms with Gasteiger partial charge in [-0.15, -0.1) is 11.3 Å². The Kier molecular flexibility index (Phi) is 8.29. The number of carbonyl (C=O) groups excluding carboxylic acids is 1. The highest BCUT2D eigenvalue weighted by atomic mass is 32.2. The fraction of sp³-hybridized carbons (Fsp3) is 0.481. The molecular weight excluding hydrogens is 525 g/mol.